The van der Waals surface area contributed by atoms with Crippen molar-refractivity contribution in [1.29, 1.82) is 0 Å². The van der Waals surface area contributed by atoms with Crippen molar-refractivity contribution in [3.05, 3.63) is 72.8 Å². The molecule has 6 nitrogen and oxygen atoms in total. The molecule has 0 aliphatic carbocycles. The van der Waals surface area contributed by atoms with Crippen molar-refractivity contribution < 1.29 is 9.13 Å². The van der Waals surface area contributed by atoms with Gasteiger partial charge in [-0.2, -0.15) is 0 Å². The van der Waals surface area contributed by atoms with Crippen molar-refractivity contribution in [2.45, 2.75) is 0 Å². The van der Waals surface area contributed by atoms with Crippen LogP contribution >= 0.6 is 0 Å². The predicted molar refractivity (Wildman–Crippen MR) is 119 cm³/mol. The third-order valence-electron chi connectivity index (χ3n) is 5.77. The van der Waals surface area contributed by atoms with E-state index in [1.165, 1.54) is 12.1 Å². The minimum absolute atomic E-state index is 0.264. The molecule has 1 N–H and O–H groups in total. The van der Waals surface area contributed by atoms with E-state index in [1.54, 1.807) is 12.1 Å². The Hall–Kier alpha value is -3.71. The number of morpholine rings is 1. The normalized spacial score (nSPS) is 14.5. The lowest BCUT2D eigenvalue weighted by Crippen LogP contribution is -2.37. The topological polar surface area (TPSA) is 58.5 Å². The second-order valence-electron chi connectivity index (χ2n) is 7.66. The Kier molecular flexibility index (Phi) is 4.21. The Morgan fingerprint density at radius 3 is 2.65 bits per heavy atom. The van der Waals surface area contributed by atoms with Gasteiger partial charge in [0.15, 0.2) is 5.65 Å². The Morgan fingerprint density at radius 1 is 0.968 bits per heavy atom. The van der Waals surface area contributed by atoms with Gasteiger partial charge in [0, 0.05) is 41.3 Å². The van der Waals surface area contributed by atoms with E-state index in [2.05, 4.69) is 34.1 Å². The third kappa shape index (κ3) is 3.14. The number of H-pyrrole nitrogens is 1. The Morgan fingerprint density at radius 2 is 1.81 bits per heavy atom. The van der Waals surface area contributed by atoms with E-state index in [-0.39, 0.29) is 5.82 Å². The zero-order chi connectivity index (χ0) is 20.8. The molecule has 7 heteroatoms. The van der Waals surface area contributed by atoms with Crippen LogP contribution < -0.4 is 4.90 Å². The Bertz CT molecular complexity index is 1380. The molecular weight excluding hydrogens is 393 g/mol. The van der Waals surface area contributed by atoms with Gasteiger partial charge in [-0.25, -0.2) is 13.9 Å². The molecule has 1 fully saturated rings. The van der Waals surface area contributed by atoms with Gasteiger partial charge < -0.3 is 14.6 Å². The molecule has 4 heterocycles. The number of nitrogens with one attached hydrogen (secondary N) is 1. The third-order valence-corrected chi connectivity index (χ3v) is 5.77. The number of rotatable bonds is 3. The first-order valence-electron chi connectivity index (χ1n) is 10.3. The fraction of sp³-hybridized carbons (Fsp3) is 0.167. The van der Waals surface area contributed by atoms with E-state index in [4.69, 9.17) is 14.8 Å². The molecule has 0 unspecified atom stereocenters. The highest BCUT2D eigenvalue weighted by molar-refractivity contribution is 5.99. The molecule has 1 aliphatic heterocycles. The van der Waals surface area contributed by atoms with Crippen LogP contribution in [0.15, 0.2) is 67.0 Å². The maximum absolute atomic E-state index is 13.4. The van der Waals surface area contributed by atoms with Gasteiger partial charge in [-0.1, -0.05) is 12.1 Å². The lowest BCUT2D eigenvalue weighted by molar-refractivity contribution is 0.122. The van der Waals surface area contributed by atoms with E-state index in [0.717, 1.165) is 57.8 Å². The van der Waals surface area contributed by atoms with Crippen LogP contribution in [0.25, 0.3) is 38.9 Å². The van der Waals surface area contributed by atoms with Crippen LogP contribution in [0.3, 0.4) is 0 Å². The number of halogens is 1. The van der Waals surface area contributed by atoms with E-state index >= 15 is 0 Å². The molecule has 31 heavy (non-hydrogen) atoms. The highest BCUT2D eigenvalue weighted by Gasteiger charge is 2.19. The zero-order valence-electron chi connectivity index (χ0n) is 16.8. The quantitative estimate of drug-likeness (QED) is 0.473. The molecule has 0 amide bonds. The largest absolute Gasteiger partial charge is 0.378 e. The number of anilines is 1. The summed E-state index contributed by atoms with van der Waals surface area (Å²) in [6.07, 6.45) is 3.86. The predicted octanol–water partition coefficient (Wildman–Crippen LogP) is 4.52. The first kappa shape index (κ1) is 18.1. The molecule has 0 spiro atoms. The van der Waals surface area contributed by atoms with Crippen molar-refractivity contribution in [2.75, 3.05) is 31.2 Å². The van der Waals surface area contributed by atoms with Crippen LogP contribution in [-0.4, -0.2) is 45.9 Å². The summed E-state index contributed by atoms with van der Waals surface area (Å²) in [5.41, 5.74) is 5.56. The summed E-state index contributed by atoms with van der Waals surface area (Å²) in [6, 6.07) is 16.8. The number of fused-ring (bicyclic) bond motifs is 2. The number of aromatic amines is 1. The minimum atomic E-state index is -0.264. The smallest absolute Gasteiger partial charge is 0.162 e. The van der Waals surface area contributed by atoms with Gasteiger partial charge in [0.1, 0.15) is 11.6 Å². The molecule has 0 radical (unpaired) electrons. The first-order chi connectivity index (χ1) is 15.3. The summed E-state index contributed by atoms with van der Waals surface area (Å²) in [7, 11) is 0. The van der Waals surface area contributed by atoms with Gasteiger partial charge in [-0.15, -0.1) is 5.10 Å². The molecule has 0 bridgehead atoms. The zero-order valence-corrected chi connectivity index (χ0v) is 16.8. The molecule has 154 valence electrons. The van der Waals surface area contributed by atoms with Crippen LogP contribution in [0.4, 0.5) is 10.2 Å². The number of imidazole rings is 1. The summed E-state index contributed by atoms with van der Waals surface area (Å²) in [5, 5.41) is 5.99. The second-order valence-corrected chi connectivity index (χ2v) is 7.66. The summed E-state index contributed by atoms with van der Waals surface area (Å²) in [5.74, 6) is 0.626. The van der Waals surface area contributed by atoms with Gasteiger partial charge >= 0.3 is 0 Å². The number of hydrogen-bond acceptors (Lipinski definition) is 4. The minimum Gasteiger partial charge on any atom is -0.378 e. The summed E-state index contributed by atoms with van der Waals surface area (Å²) >= 11 is 0. The Labute approximate surface area is 177 Å². The fourth-order valence-corrected chi connectivity index (χ4v) is 4.19. The first-order valence-corrected chi connectivity index (χ1v) is 10.3. The lowest BCUT2D eigenvalue weighted by Gasteiger charge is -2.28. The number of benzene rings is 2. The van der Waals surface area contributed by atoms with Crippen molar-refractivity contribution in [3.8, 4) is 22.4 Å². The number of nitrogens with zero attached hydrogens (tertiary/aromatic N) is 4. The highest BCUT2D eigenvalue weighted by atomic mass is 19.1. The van der Waals surface area contributed by atoms with Crippen molar-refractivity contribution in [1.82, 2.24) is 19.6 Å². The highest BCUT2D eigenvalue weighted by Crippen LogP contribution is 2.34. The van der Waals surface area contributed by atoms with Gasteiger partial charge in [0.05, 0.1) is 25.1 Å². The average molecular weight is 413 g/mol. The van der Waals surface area contributed by atoms with E-state index in [1.807, 2.05) is 23.0 Å². The van der Waals surface area contributed by atoms with Crippen molar-refractivity contribution in [3.63, 3.8) is 0 Å². The van der Waals surface area contributed by atoms with Crippen LogP contribution in [0.5, 0.6) is 0 Å². The van der Waals surface area contributed by atoms with Gasteiger partial charge in [-0.05, 0) is 48.0 Å². The standard InChI is InChI=1S/C24H20FN5O/c25-17-6-4-16(5-7-17)22-15-30-24(27-22)20(14-23(28-30)29-10-12-31-13-11-29)18-2-1-3-21-19(18)8-9-26-21/h1-9,14-15,26H,10-13H2. The van der Waals surface area contributed by atoms with Gasteiger partial charge in [0.2, 0.25) is 0 Å². The number of ether oxygens (including phenoxy) is 1. The fourth-order valence-electron chi connectivity index (χ4n) is 4.19. The SMILES string of the molecule is Fc1ccc(-c2cn3nc(N4CCOCC4)cc(-c4cccc5[nH]ccc45)c3n2)cc1. The summed E-state index contributed by atoms with van der Waals surface area (Å²) < 4.78 is 20.8. The molecule has 1 aliphatic rings. The van der Waals surface area contributed by atoms with Gasteiger partial charge in [-0.3, -0.25) is 0 Å². The monoisotopic (exact) mass is 413 g/mol. The molecule has 5 aromatic rings. The van der Waals surface area contributed by atoms with Crippen LogP contribution in [-0.2, 0) is 4.74 Å². The van der Waals surface area contributed by atoms with Crippen molar-refractivity contribution in [2.24, 2.45) is 0 Å². The lowest BCUT2D eigenvalue weighted by atomic mass is 10.0. The maximum Gasteiger partial charge on any atom is 0.162 e. The van der Waals surface area contributed by atoms with Crippen LogP contribution in [0, 0.1) is 5.82 Å². The van der Waals surface area contributed by atoms with Crippen LogP contribution in [0.1, 0.15) is 0 Å². The van der Waals surface area contributed by atoms with Crippen LogP contribution in [0.2, 0.25) is 0 Å². The van der Waals surface area contributed by atoms with E-state index in [9.17, 15) is 4.39 Å². The summed E-state index contributed by atoms with van der Waals surface area (Å²) in [6.45, 7) is 2.97. The van der Waals surface area contributed by atoms with E-state index < -0.39 is 0 Å². The molecule has 6 rings (SSSR count). The molecular formula is C24H20FN5O. The molecule has 0 atom stereocenters. The molecule has 0 saturated carbocycles. The van der Waals surface area contributed by atoms with Crippen molar-refractivity contribution >= 4 is 22.4 Å². The van der Waals surface area contributed by atoms with E-state index in [0.29, 0.717) is 13.2 Å². The maximum atomic E-state index is 13.4. The number of aromatic nitrogens is 4. The second kappa shape index (κ2) is 7.21. The number of hydrogen-bond donors (Lipinski definition) is 1. The molecule has 2 aromatic carbocycles. The molecule has 3 aromatic heterocycles. The molecule has 1 saturated heterocycles. The summed E-state index contributed by atoms with van der Waals surface area (Å²) in [4.78, 5) is 10.4. The Balaban J connectivity index is 1.59. The average Bonchev–Trinajstić information content (AvgIpc) is 3.46. The van der Waals surface area contributed by atoms with Gasteiger partial charge in [0.25, 0.3) is 0 Å².